The van der Waals surface area contributed by atoms with Crippen LogP contribution in [0.4, 0.5) is 6.01 Å². The van der Waals surface area contributed by atoms with E-state index in [1.165, 1.54) is 0 Å². The second-order valence-electron chi connectivity index (χ2n) is 3.82. The molecular weight excluding hydrogens is 273 g/mol. The highest BCUT2D eigenvalue weighted by Crippen LogP contribution is 2.26. The highest BCUT2D eigenvalue weighted by atomic mass is 35.5. The smallest absolute Gasteiger partial charge is 0.321 e. The van der Waals surface area contributed by atoms with Crippen molar-refractivity contribution in [3.8, 4) is 0 Å². The number of nitrogens with one attached hydrogen (secondary N) is 1. The van der Waals surface area contributed by atoms with Gasteiger partial charge in [-0.3, -0.25) is 0 Å². The van der Waals surface area contributed by atoms with Gasteiger partial charge in [-0.1, -0.05) is 41.3 Å². The molecule has 0 saturated carbocycles. The molecule has 0 amide bonds. The van der Waals surface area contributed by atoms with E-state index in [0.717, 1.165) is 18.5 Å². The molecule has 0 fully saturated rings. The number of benzene rings is 1. The van der Waals surface area contributed by atoms with Crippen molar-refractivity contribution < 1.29 is 4.52 Å². The minimum Gasteiger partial charge on any atom is -0.338 e. The van der Waals surface area contributed by atoms with Crippen molar-refractivity contribution in [2.45, 2.75) is 19.8 Å². The molecule has 0 bridgehead atoms. The molecule has 0 spiro atoms. The molecule has 2 aromatic rings. The van der Waals surface area contributed by atoms with Crippen LogP contribution in [0.3, 0.4) is 0 Å². The lowest BCUT2D eigenvalue weighted by Gasteiger charge is -2.03. The van der Waals surface area contributed by atoms with E-state index in [4.69, 9.17) is 27.7 Å². The number of halogens is 2. The number of hydrogen-bond acceptors (Lipinski definition) is 4. The summed E-state index contributed by atoms with van der Waals surface area (Å²) < 4.78 is 5.06. The maximum Gasteiger partial charge on any atom is 0.321 e. The van der Waals surface area contributed by atoms with Crippen LogP contribution in [-0.2, 0) is 6.42 Å². The fourth-order valence-corrected chi connectivity index (χ4v) is 2.02. The van der Waals surface area contributed by atoms with E-state index >= 15 is 0 Å². The van der Waals surface area contributed by atoms with Gasteiger partial charge in [0.05, 0.1) is 0 Å². The van der Waals surface area contributed by atoms with Gasteiger partial charge in [0, 0.05) is 23.0 Å². The summed E-state index contributed by atoms with van der Waals surface area (Å²) in [5.74, 6) is 0.559. The molecule has 1 aromatic carbocycles. The maximum atomic E-state index is 6.08. The molecule has 0 unspecified atom stereocenters. The van der Waals surface area contributed by atoms with Crippen LogP contribution in [0, 0.1) is 0 Å². The van der Waals surface area contributed by atoms with Crippen molar-refractivity contribution in [3.05, 3.63) is 39.6 Å². The van der Waals surface area contributed by atoms with Gasteiger partial charge in [0.25, 0.3) is 0 Å². The van der Waals surface area contributed by atoms with Crippen molar-refractivity contribution in [3.63, 3.8) is 0 Å². The lowest BCUT2D eigenvalue weighted by Crippen LogP contribution is -2.00. The number of hydrogen-bond donors (Lipinski definition) is 1. The first-order valence-corrected chi connectivity index (χ1v) is 6.45. The van der Waals surface area contributed by atoms with Gasteiger partial charge in [-0.15, -0.1) is 0 Å². The average molecular weight is 286 g/mol. The molecule has 0 radical (unpaired) electrons. The topological polar surface area (TPSA) is 51.0 Å². The minimum atomic E-state index is 0.426. The second kappa shape index (κ2) is 6.07. The van der Waals surface area contributed by atoms with Crippen molar-refractivity contribution in [2.75, 3.05) is 11.9 Å². The van der Waals surface area contributed by atoms with Gasteiger partial charge >= 0.3 is 6.01 Å². The standard InChI is InChI=1S/C12H13Cl2N3O/c1-2-6-15-12-16-11(17-18-12)7-8-9(13)4-3-5-10(8)14/h3-5H,2,6-7H2,1H3,(H,15,16,17). The molecule has 4 nitrogen and oxygen atoms in total. The van der Waals surface area contributed by atoms with E-state index in [9.17, 15) is 0 Å². The summed E-state index contributed by atoms with van der Waals surface area (Å²) >= 11 is 12.2. The summed E-state index contributed by atoms with van der Waals surface area (Å²) in [7, 11) is 0. The van der Waals surface area contributed by atoms with E-state index in [1.54, 1.807) is 18.2 Å². The average Bonchev–Trinajstić information content (AvgIpc) is 2.79. The Morgan fingerprint density at radius 3 is 2.67 bits per heavy atom. The van der Waals surface area contributed by atoms with Crippen LogP contribution in [-0.4, -0.2) is 16.7 Å². The van der Waals surface area contributed by atoms with E-state index < -0.39 is 0 Å². The third-order valence-corrected chi connectivity index (χ3v) is 3.10. The van der Waals surface area contributed by atoms with E-state index in [0.29, 0.717) is 28.3 Å². The maximum absolute atomic E-state index is 6.08. The Morgan fingerprint density at radius 2 is 2.00 bits per heavy atom. The Kier molecular flexibility index (Phi) is 4.44. The SMILES string of the molecule is CCCNc1nc(Cc2c(Cl)cccc2Cl)no1. The van der Waals surface area contributed by atoms with E-state index in [-0.39, 0.29) is 0 Å². The number of aromatic nitrogens is 2. The normalized spacial score (nSPS) is 10.6. The van der Waals surface area contributed by atoms with Crippen LogP contribution >= 0.6 is 23.2 Å². The molecule has 0 aliphatic rings. The predicted molar refractivity (Wildman–Crippen MR) is 72.3 cm³/mol. The van der Waals surface area contributed by atoms with Gasteiger partial charge in [0.15, 0.2) is 5.82 Å². The first kappa shape index (κ1) is 13.2. The summed E-state index contributed by atoms with van der Waals surface area (Å²) in [6.45, 7) is 2.86. The molecule has 96 valence electrons. The number of anilines is 1. The molecular formula is C12H13Cl2N3O. The zero-order valence-corrected chi connectivity index (χ0v) is 11.4. The van der Waals surface area contributed by atoms with Gasteiger partial charge in [-0.2, -0.15) is 4.98 Å². The molecule has 2 rings (SSSR count). The van der Waals surface area contributed by atoms with Crippen molar-refractivity contribution in [2.24, 2.45) is 0 Å². The molecule has 6 heteroatoms. The monoisotopic (exact) mass is 285 g/mol. The Labute approximate surface area is 115 Å². The zero-order valence-electron chi connectivity index (χ0n) is 9.91. The van der Waals surface area contributed by atoms with Gasteiger partial charge in [0.2, 0.25) is 0 Å². The summed E-state index contributed by atoms with van der Waals surface area (Å²) in [4.78, 5) is 4.22. The second-order valence-corrected chi connectivity index (χ2v) is 4.63. The highest BCUT2D eigenvalue weighted by molar-refractivity contribution is 6.36. The molecule has 0 aliphatic heterocycles. The molecule has 0 atom stereocenters. The number of nitrogens with zero attached hydrogens (tertiary/aromatic N) is 2. The summed E-state index contributed by atoms with van der Waals surface area (Å²) in [5.41, 5.74) is 0.809. The van der Waals surface area contributed by atoms with Crippen LogP contribution < -0.4 is 5.32 Å². The summed E-state index contributed by atoms with van der Waals surface area (Å²) in [6.07, 6.45) is 1.45. The quantitative estimate of drug-likeness (QED) is 0.908. The Morgan fingerprint density at radius 1 is 1.28 bits per heavy atom. The lowest BCUT2D eigenvalue weighted by atomic mass is 10.1. The zero-order chi connectivity index (χ0) is 13.0. The molecule has 0 aliphatic carbocycles. The van der Waals surface area contributed by atoms with Crippen molar-refractivity contribution >= 4 is 29.2 Å². The summed E-state index contributed by atoms with van der Waals surface area (Å²) in [5, 5.41) is 8.12. The van der Waals surface area contributed by atoms with Crippen molar-refractivity contribution in [1.29, 1.82) is 0 Å². The fraction of sp³-hybridized carbons (Fsp3) is 0.333. The van der Waals surface area contributed by atoms with Gasteiger partial charge in [-0.05, 0) is 24.1 Å². The van der Waals surface area contributed by atoms with Crippen LogP contribution in [0.1, 0.15) is 24.7 Å². The molecule has 1 heterocycles. The first-order valence-electron chi connectivity index (χ1n) is 5.70. The Balaban J connectivity index is 2.11. The highest BCUT2D eigenvalue weighted by Gasteiger charge is 2.11. The third-order valence-electron chi connectivity index (χ3n) is 2.39. The molecule has 1 N–H and O–H groups in total. The predicted octanol–water partition coefficient (Wildman–Crippen LogP) is 3.79. The molecule has 18 heavy (non-hydrogen) atoms. The van der Waals surface area contributed by atoms with Crippen LogP contribution in [0.5, 0.6) is 0 Å². The fourth-order valence-electron chi connectivity index (χ4n) is 1.49. The van der Waals surface area contributed by atoms with Crippen LogP contribution in [0.2, 0.25) is 10.0 Å². The van der Waals surface area contributed by atoms with Gasteiger partial charge < -0.3 is 9.84 Å². The Hall–Kier alpha value is -1.26. The molecule has 0 saturated heterocycles. The Bertz CT molecular complexity index is 508. The summed E-state index contributed by atoms with van der Waals surface area (Å²) in [6, 6.07) is 5.81. The lowest BCUT2D eigenvalue weighted by molar-refractivity contribution is 0.423. The minimum absolute atomic E-state index is 0.426. The third kappa shape index (κ3) is 3.15. The van der Waals surface area contributed by atoms with Crippen LogP contribution in [0.15, 0.2) is 22.7 Å². The van der Waals surface area contributed by atoms with Gasteiger partial charge in [0.1, 0.15) is 0 Å². The number of rotatable bonds is 5. The van der Waals surface area contributed by atoms with Crippen LogP contribution in [0.25, 0.3) is 0 Å². The van der Waals surface area contributed by atoms with E-state index in [1.807, 2.05) is 0 Å². The van der Waals surface area contributed by atoms with Crippen molar-refractivity contribution in [1.82, 2.24) is 10.1 Å². The largest absolute Gasteiger partial charge is 0.338 e. The van der Waals surface area contributed by atoms with Gasteiger partial charge in [-0.25, -0.2) is 0 Å². The first-order chi connectivity index (χ1) is 8.70. The molecule has 1 aromatic heterocycles. The van der Waals surface area contributed by atoms with E-state index in [2.05, 4.69) is 22.4 Å².